The molecule has 88 valence electrons. The molecule has 0 aliphatic heterocycles. The number of ether oxygens (including phenoxy) is 1. The lowest BCUT2D eigenvalue weighted by Gasteiger charge is -2.29. The first kappa shape index (κ1) is 12.5. The van der Waals surface area contributed by atoms with E-state index in [0.717, 1.165) is 19.3 Å². The largest absolute Gasteiger partial charge is 0.462 e. The summed E-state index contributed by atoms with van der Waals surface area (Å²) < 4.78 is 5.52. The van der Waals surface area contributed by atoms with E-state index in [2.05, 4.69) is 0 Å². The predicted octanol–water partition coefficient (Wildman–Crippen LogP) is 2.24. The Morgan fingerprint density at radius 2 is 2.00 bits per heavy atom. The van der Waals surface area contributed by atoms with Gasteiger partial charge in [-0.05, 0) is 39.0 Å². The van der Waals surface area contributed by atoms with Crippen molar-refractivity contribution in [1.82, 2.24) is 0 Å². The number of esters is 1. The maximum Gasteiger partial charge on any atom is 0.313 e. The fourth-order valence-electron chi connectivity index (χ4n) is 1.85. The van der Waals surface area contributed by atoms with Gasteiger partial charge in [0.15, 0.2) is 0 Å². The van der Waals surface area contributed by atoms with Crippen LogP contribution in [0.1, 0.15) is 52.4 Å². The second-order valence-corrected chi connectivity index (χ2v) is 4.78. The van der Waals surface area contributed by atoms with Crippen molar-refractivity contribution in [2.75, 3.05) is 6.54 Å². The minimum atomic E-state index is -0.489. The topological polar surface area (TPSA) is 52.3 Å². The van der Waals surface area contributed by atoms with Crippen LogP contribution < -0.4 is 5.73 Å². The van der Waals surface area contributed by atoms with Crippen molar-refractivity contribution in [2.45, 2.75) is 58.5 Å². The van der Waals surface area contributed by atoms with E-state index in [4.69, 9.17) is 10.5 Å². The molecule has 0 amide bonds. The van der Waals surface area contributed by atoms with Crippen molar-refractivity contribution in [1.29, 1.82) is 0 Å². The molecule has 0 saturated heterocycles. The van der Waals surface area contributed by atoms with Crippen LogP contribution >= 0.6 is 0 Å². The van der Waals surface area contributed by atoms with Crippen LogP contribution in [0, 0.1) is 5.41 Å². The molecule has 3 heteroatoms. The molecular weight excluding hydrogens is 190 g/mol. The van der Waals surface area contributed by atoms with Gasteiger partial charge in [-0.15, -0.1) is 0 Å². The van der Waals surface area contributed by atoms with Crippen LogP contribution in [0.2, 0.25) is 0 Å². The van der Waals surface area contributed by atoms with Gasteiger partial charge in [0.1, 0.15) is 6.10 Å². The summed E-state index contributed by atoms with van der Waals surface area (Å²) in [7, 11) is 0. The Bertz CT molecular complexity index is 206. The minimum absolute atomic E-state index is 0.112. The monoisotopic (exact) mass is 213 g/mol. The van der Waals surface area contributed by atoms with Crippen LogP contribution in [0.5, 0.6) is 0 Å². The highest BCUT2D eigenvalue weighted by molar-refractivity contribution is 5.76. The second-order valence-electron chi connectivity index (χ2n) is 4.78. The molecular formula is C12H23NO2. The van der Waals surface area contributed by atoms with E-state index in [-0.39, 0.29) is 12.1 Å². The third-order valence-corrected chi connectivity index (χ3v) is 3.55. The molecule has 1 atom stereocenters. The number of rotatable bonds is 4. The summed E-state index contributed by atoms with van der Waals surface area (Å²) in [5.74, 6) is -0.112. The lowest BCUT2D eigenvalue weighted by Crippen LogP contribution is -2.39. The number of hydrogen-bond donors (Lipinski definition) is 1. The van der Waals surface area contributed by atoms with E-state index in [0.29, 0.717) is 6.54 Å². The van der Waals surface area contributed by atoms with Gasteiger partial charge in [-0.25, -0.2) is 0 Å². The zero-order valence-corrected chi connectivity index (χ0v) is 9.92. The van der Waals surface area contributed by atoms with E-state index in [9.17, 15) is 4.79 Å². The van der Waals surface area contributed by atoms with Gasteiger partial charge in [0.2, 0.25) is 0 Å². The van der Waals surface area contributed by atoms with Gasteiger partial charge in [-0.1, -0.05) is 13.3 Å². The van der Waals surface area contributed by atoms with Crippen molar-refractivity contribution in [2.24, 2.45) is 11.1 Å². The van der Waals surface area contributed by atoms with Crippen LogP contribution in [0.4, 0.5) is 0 Å². The number of carbonyl (C=O) groups is 1. The average molecular weight is 213 g/mol. The molecule has 0 bridgehead atoms. The van der Waals surface area contributed by atoms with Crippen LogP contribution in [0.3, 0.4) is 0 Å². The summed E-state index contributed by atoms with van der Waals surface area (Å²) in [6, 6.07) is 0. The van der Waals surface area contributed by atoms with Crippen molar-refractivity contribution in [3.8, 4) is 0 Å². The van der Waals surface area contributed by atoms with E-state index in [1.54, 1.807) is 0 Å². The highest BCUT2D eigenvalue weighted by Gasteiger charge is 2.33. The van der Waals surface area contributed by atoms with Crippen molar-refractivity contribution in [3.05, 3.63) is 0 Å². The molecule has 2 N–H and O–H groups in total. The highest BCUT2D eigenvalue weighted by Crippen LogP contribution is 2.26. The summed E-state index contributed by atoms with van der Waals surface area (Å²) >= 11 is 0. The summed E-state index contributed by atoms with van der Waals surface area (Å²) in [4.78, 5) is 11.9. The molecule has 1 rings (SSSR count). The smallest absolute Gasteiger partial charge is 0.313 e. The van der Waals surface area contributed by atoms with Gasteiger partial charge in [-0.3, -0.25) is 4.79 Å². The minimum Gasteiger partial charge on any atom is -0.462 e. The number of nitrogens with two attached hydrogens (primary N) is 1. The SMILES string of the molecule is CCC(C)(CN)C(=O)OC1CCCCC1. The third-order valence-electron chi connectivity index (χ3n) is 3.55. The molecule has 15 heavy (non-hydrogen) atoms. The Balaban J connectivity index is 2.45. The molecule has 0 aromatic carbocycles. The molecule has 1 unspecified atom stereocenters. The first-order valence-electron chi connectivity index (χ1n) is 6.03. The van der Waals surface area contributed by atoms with Gasteiger partial charge in [-0.2, -0.15) is 0 Å². The molecule has 3 nitrogen and oxygen atoms in total. The molecule has 1 aliphatic rings. The van der Waals surface area contributed by atoms with Crippen LogP contribution in [0.25, 0.3) is 0 Å². The van der Waals surface area contributed by atoms with Gasteiger partial charge in [0, 0.05) is 6.54 Å². The van der Waals surface area contributed by atoms with Gasteiger partial charge < -0.3 is 10.5 Å². The summed E-state index contributed by atoms with van der Waals surface area (Å²) in [6.07, 6.45) is 6.58. The molecule has 0 spiro atoms. The fourth-order valence-corrected chi connectivity index (χ4v) is 1.85. The Morgan fingerprint density at radius 1 is 1.40 bits per heavy atom. The maximum atomic E-state index is 11.9. The number of hydrogen-bond acceptors (Lipinski definition) is 3. The molecule has 1 fully saturated rings. The maximum absolute atomic E-state index is 11.9. The standard InChI is InChI=1S/C12H23NO2/c1-3-12(2,9-13)11(14)15-10-7-5-4-6-8-10/h10H,3-9,13H2,1-2H3. The van der Waals surface area contributed by atoms with Crippen molar-refractivity contribution >= 4 is 5.97 Å². The summed E-state index contributed by atoms with van der Waals surface area (Å²) in [5, 5.41) is 0. The zero-order valence-electron chi connectivity index (χ0n) is 9.92. The fraction of sp³-hybridized carbons (Fsp3) is 0.917. The van der Waals surface area contributed by atoms with E-state index >= 15 is 0 Å². The van der Waals surface area contributed by atoms with E-state index < -0.39 is 5.41 Å². The van der Waals surface area contributed by atoms with Crippen LogP contribution in [-0.4, -0.2) is 18.6 Å². The normalized spacial score (nSPS) is 22.1. The van der Waals surface area contributed by atoms with Gasteiger partial charge >= 0.3 is 5.97 Å². The molecule has 0 aromatic heterocycles. The first-order valence-corrected chi connectivity index (χ1v) is 6.03. The lowest BCUT2D eigenvalue weighted by molar-refractivity contribution is -0.161. The van der Waals surface area contributed by atoms with E-state index in [1.807, 2.05) is 13.8 Å². The predicted molar refractivity (Wildman–Crippen MR) is 60.4 cm³/mol. The Kier molecular flexibility index (Phi) is 4.58. The van der Waals surface area contributed by atoms with Crippen molar-refractivity contribution in [3.63, 3.8) is 0 Å². The second kappa shape index (κ2) is 5.50. The van der Waals surface area contributed by atoms with Gasteiger partial charge in [0.25, 0.3) is 0 Å². The van der Waals surface area contributed by atoms with Gasteiger partial charge in [0.05, 0.1) is 5.41 Å². The first-order chi connectivity index (χ1) is 7.12. The van der Waals surface area contributed by atoms with Crippen molar-refractivity contribution < 1.29 is 9.53 Å². The zero-order chi connectivity index (χ0) is 11.3. The molecule has 0 aromatic rings. The molecule has 0 radical (unpaired) electrons. The average Bonchev–Trinajstić information content (AvgIpc) is 2.29. The van der Waals surface area contributed by atoms with E-state index in [1.165, 1.54) is 19.3 Å². The Hall–Kier alpha value is -0.570. The molecule has 1 aliphatic carbocycles. The highest BCUT2D eigenvalue weighted by atomic mass is 16.5. The summed E-state index contributed by atoms with van der Waals surface area (Å²) in [5.41, 5.74) is 5.13. The van der Waals surface area contributed by atoms with Crippen LogP contribution in [-0.2, 0) is 9.53 Å². The Labute approximate surface area is 92.4 Å². The summed E-state index contributed by atoms with van der Waals surface area (Å²) in [6.45, 7) is 4.24. The Morgan fingerprint density at radius 3 is 2.47 bits per heavy atom. The quantitative estimate of drug-likeness (QED) is 0.729. The lowest BCUT2D eigenvalue weighted by atomic mass is 9.87. The number of carbonyl (C=O) groups excluding carboxylic acids is 1. The van der Waals surface area contributed by atoms with Crippen LogP contribution in [0.15, 0.2) is 0 Å². The third kappa shape index (κ3) is 3.20. The molecule has 1 saturated carbocycles. The molecule has 0 heterocycles.